The number of likely N-dealkylation sites (tertiary alicyclic amines) is 1. The monoisotopic (exact) mass is 306 g/mol. The SMILES string of the molecule is CC(C)Nc1cc(C(=O)N2CCC3(CC2)OCCO3)ncn1. The summed E-state index contributed by atoms with van der Waals surface area (Å²) in [6, 6.07) is 1.96. The number of ether oxygens (including phenoxy) is 2. The number of nitrogens with zero attached hydrogens (tertiary/aromatic N) is 3. The van der Waals surface area contributed by atoms with Crippen LogP contribution in [0, 0.1) is 0 Å². The van der Waals surface area contributed by atoms with E-state index in [2.05, 4.69) is 15.3 Å². The van der Waals surface area contributed by atoms with E-state index in [1.54, 1.807) is 11.0 Å². The average molecular weight is 306 g/mol. The highest BCUT2D eigenvalue weighted by Gasteiger charge is 2.41. The van der Waals surface area contributed by atoms with Crippen LogP contribution in [0.15, 0.2) is 12.4 Å². The van der Waals surface area contributed by atoms with Gasteiger partial charge in [0.05, 0.1) is 13.2 Å². The van der Waals surface area contributed by atoms with E-state index in [0.717, 1.165) is 0 Å². The van der Waals surface area contributed by atoms with Crippen LogP contribution in [0.3, 0.4) is 0 Å². The number of carbonyl (C=O) groups excluding carboxylic acids is 1. The molecule has 7 nitrogen and oxygen atoms in total. The number of piperidine rings is 1. The summed E-state index contributed by atoms with van der Waals surface area (Å²) in [7, 11) is 0. The fraction of sp³-hybridized carbons (Fsp3) is 0.667. The Balaban J connectivity index is 1.64. The van der Waals surface area contributed by atoms with E-state index in [1.807, 2.05) is 13.8 Å². The normalized spacial score (nSPS) is 20.6. The maximum absolute atomic E-state index is 12.6. The molecule has 1 aromatic rings. The lowest BCUT2D eigenvalue weighted by atomic mass is 10.0. The number of aromatic nitrogens is 2. The highest BCUT2D eigenvalue weighted by atomic mass is 16.7. The molecule has 2 aliphatic heterocycles. The van der Waals surface area contributed by atoms with Crippen LogP contribution in [0.25, 0.3) is 0 Å². The van der Waals surface area contributed by atoms with Crippen molar-refractivity contribution in [2.45, 2.75) is 38.5 Å². The zero-order valence-electron chi connectivity index (χ0n) is 13.0. The van der Waals surface area contributed by atoms with Gasteiger partial charge in [0.1, 0.15) is 17.8 Å². The molecule has 7 heteroatoms. The van der Waals surface area contributed by atoms with E-state index >= 15 is 0 Å². The second-order valence-electron chi connectivity index (χ2n) is 5.99. The molecular weight excluding hydrogens is 284 g/mol. The molecule has 1 aromatic heterocycles. The van der Waals surface area contributed by atoms with Gasteiger partial charge < -0.3 is 19.7 Å². The van der Waals surface area contributed by atoms with Gasteiger partial charge in [0.2, 0.25) is 0 Å². The van der Waals surface area contributed by atoms with Crippen molar-refractivity contribution in [2.75, 3.05) is 31.6 Å². The Hall–Kier alpha value is -1.73. The molecule has 3 heterocycles. The van der Waals surface area contributed by atoms with Gasteiger partial charge in [-0.2, -0.15) is 0 Å². The van der Waals surface area contributed by atoms with Gasteiger partial charge >= 0.3 is 0 Å². The summed E-state index contributed by atoms with van der Waals surface area (Å²) >= 11 is 0. The number of amides is 1. The Morgan fingerprint density at radius 1 is 1.27 bits per heavy atom. The summed E-state index contributed by atoms with van der Waals surface area (Å²) < 4.78 is 11.4. The standard InChI is InChI=1S/C15H22N4O3/c1-11(2)18-13-9-12(16-10-17-13)14(20)19-5-3-15(4-6-19)21-7-8-22-15/h9-11H,3-8H2,1-2H3,(H,16,17,18). The van der Waals surface area contributed by atoms with Crippen molar-refractivity contribution in [3.63, 3.8) is 0 Å². The number of hydrogen-bond donors (Lipinski definition) is 1. The molecule has 0 unspecified atom stereocenters. The Bertz CT molecular complexity index is 533. The summed E-state index contributed by atoms with van der Waals surface area (Å²) in [5.74, 6) is 0.138. The minimum Gasteiger partial charge on any atom is -0.368 e. The van der Waals surface area contributed by atoms with Crippen molar-refractivity contribution in [2.24, 2.45) is 0 Å². The lowest BCUT2D eigenvalue weighted by Gasteiger charge is -2.37. The van der Waals surface area contributed by atoms with Crippen LogP contribution in [0.1, 0.15) is 37.2 Å². The van der Waals surface area contributed by atoms with Gasteiger partial charge in [0.25, 0.3) is 5.91 Å². The number of carbonyl (C=O) groups is 1. The van der Waals surface area contributed by atoms with E-state index in [0.29, 0.717) is 50.7 Å². The maximum atomic E-state index is 12.6. The van der Waals surface area contributed by atoms with E-state index in [9.17, 15) is 4.79 Å². The highest BCUT2D eigenvalue weighted by molar-refractivity contribution is 5.93. The van der Waals surface area contributed by atoms with Gasteiger partial charge in [-0.25, -0.2) is 9.97 Å². The number of anilines is 1. The predicted molar refractivity (Wildman–Crippen MR) is 80.6 cm³/mol. The third kappa shape index (κ3) is 3.20. The Labute approximate surface area is 130 Å². The topological polar surface area (TPSA) is 76.6 Å². The molecule has 0 atom stereocenters. The van der Waals surface area contributed by atoms with E-state index in [1.165, 1.54) is 6.33 Å². The van der Waals surface area contributed by atoms with Crippen LogP contribution in [0.4, 0.5) is 5.82 Å². The van der Waals surface area contributed by atoms with Gasteiger partial charge in [-0.15, -0.1) is 0 Å². The molecule has 22 heavy (non-hydrogen) atoms. The third-order valence-electron chi connectivity index (χ3n) is 3.95. The smallest absolute Gasteiger partial charge is 0.272 e. The molecule has 0 saturated carbocycles. The molecular formula is C15H22N4O3. The van der Waals surface area contributed by atoms with Crippen LogP contribution in [0.5, 0.6) is 0 Å². The van der Waals surface area contributed by atoms with Crippen LogP contribution in [-0.4, -0.2) is 58.9 Å². The first kappa shape index (κ1) is 15.2. The van der Waals surface area contributed by atoms with Gasteiger partial charge in [-0.3, -0.25) is 4.79 Å². The quantitative estimate of drug-likeness (QED) is 0.906. The lowest BCUT2D eigenvalue weighted by Crippen LogP contribution is -2.47. The molecule has 1 spiro atoms. The third-order valence-corrected chi connectivity index (χ3v) is 3.95. The first-order valence-corrected chi connectivity index (χ1v) is 7.74. The van der Waals surface area contributed by atoms with Crippen molar-refractivity contribution >= 4 is 11.7 Å². The predicted octanol–water partition coefficient (Wildman–Crippen LogP) is 1.28. The maximum Gasteiger partial charge on any atom is 0.272 e. The Kier molecular flexibility index (Phi) is 4.26. The van der Waals surface area contributed by atoms with Crippen LogP contribution in [-0.2, 0) is 9.47 Å². The second-order valence-corrected chi connectivity index (χ2v) is 5.99. The summed E-state index contributed by atoms with van der Waals surface area (Å²) in [5.41, 5.74) is 0.419. The fourth-order valence-electron chi connectivity index (χ4n) is 2.85. The first-order valence-electron chi connectivity index (χ1n) is 7.74. The molecule has 0 aromatic carbocycles. The van der Waals surface area contributed by atoms with E-state index < -0.39 is 5.79 Å². The molecule has 0 bridgehead atoms. The van der Waals surface area contributed by atoms with Crippen LogP contribution < -0.4 is 5.32 Å². The molecule has 2 saturated heterocycles. The number of nitrogens with one attached hydrogen (secondary N) is 1. The molecule has 0 aliphatic carbocycles. The molecule has 120 valence electrons. The average Bonchev–Trinajstić information content (AvgIpc) is 2.95. The van der Waals surface area contributed by atoms with E-state index in [4.69, 9.17) is 9.47 Å². The van der Waals surface area contributed by atoms with Crippen LogP contribution >= 0.6 is 0 Å². The summed E-state index contributed by atoms with van der Waals surface area (Å²) in [6.07, 6.45) is 2.84. The molecule has 1 amide bonds. The van der Waals surface area contributed by atoms with Gasteiger partial charge in [-0.1, -0.05) is 0 Å². The van der Waals surface area contributed by atoms with Crippen molar-refractivity contribution in [3.05, 3.63) is 18.1 Å². The van der Waals surface area contributed by atoms with Crippen molar-refractivity contribution in [1.82, 2.24) is 14.9 Å². The van der Waals surface area contributed by atoms with Crippen molar-refractivity contribution in [3.8, 4) is 0 Å². The summed E-state index contributed by atoms with van der Waals surface area (Å²) in [4.78, 5) is 22.6. The second kappa shape index (κ2) is 6.18. The number of rotatable bonds is 3. The highest BCUT2D eigenvalue weighted by Crippen LogP contribution is 2.31. The molecule has 2 aliphatic rings. The van der Waals surface area contributed by atoms with Gasteiger partial charge in [-0.05, 0) is 13.8 Å². The minimum atomic E-state index is -0.465. The Morgan fingerprint density at radius 3 is 2.59 bits per heavy atom. The zero-order chi connectivity index (χ0) is 15.6. The fourth-order valence-corrected chi connectivity index (χ4v) is 2.85. The minimum absolute atomic E-state index is 0.0675. The zero-order valence-corrected chi connectivity index (χ0v) is 13.0. The largest absolute Gasteiger partial charge is 0.368 e. The first-order chi connectivity index (χ1) is 10.6. The van der Waals surface area contributed by atoms with Crippen molar-refractivity contribution < 1.29 is 14.3 Å². The Morgan fingerprint density at radius 2 is 1.95 bits per heavy atom. The van der Waals surface area contributed by atoms with Gasteiger partial charge in [0.15, 0.2) is 5.79 Å². The molecule has 3 rings (SSSR count). The van der Waals surface area contributed by atoms with E-state index in [-0.39, 0.29) is 11.9 Å². The van der Waals surface area contributed by atoms with Gasteiger partial charge in [0, 0.05) is 38.0 Å². The molecule has 1 N–H and O–H groups in total. The lowest BCUT2D eigenvalue weighted by molar-refractivity contribution is -0.181. The van der Waals surface area contributed by atoms with Crippen molar-refractivity contribution in [1.29, 1.82) is 0 Å². The summed E-state index contributed by atoms with van der Waals surface area (Å²) in [5, 5.41) is 3.18. The number of hydrogen-bond acceptors (Lipinski definition) is 6. The molecule has 2 fully saturated rings. The summed E-state index contributed by atoms with van der Waals surface area (Å²) in [6.45, 7) is 6.57. The molecule has 0 radical (unpaired) electrons. The van der Waals surface area contributed by atoms with Crippen LogP contribution in [0.2, 0.25) is 0 Å².